The molecule has 8 aromatic rings. The maximum absolute atomic E-state index is 12.4. The average molecular weight is 707 g/mol. The number of hydrogen-bond acceptors (Lipinski definition) is 3. The third-order valence-corrected chi connectivity index (χ3v) is 10.5. The van der Waals surface area contributed by atoms with Crippen molar-refractivity contribution in [1.82, 2.24) is 14.1 Å². The van der Waals surface area contributed by atoms with Crippen LogP contribution in [0.4, 0.5) is 0 Å². The smallest absolute Gasteiger partial charge is 0.149 e. The van der Waals surface area contributed by atoms with E-state index in [0.29, 0.717) is 11.4 Å². The van der Waals surface area contributed by atoms with Crippen LogP contribution in [0.3, 0.4) is 0 Å². The van der Waals surface area contributed by atoms with Crippen molar-refractivity contribution in [2.75, 3.05) is 0 Å². The van der Waals surface area contributed by atoms with Crippen LogP contribution in [0.25, 0.3) is 66.7 Å². The standard InChI is InChI=1S/C49H46N4O/c1-9-50-31(2)32-18-15-19-33(28-32)36-23-16-27-43-45(36)51-47(38-29-34(48(3,4)5)30-39(46(38)54)49(6,7)8)53(43)42-26-17-25-41-44(42)37-22-13-14-24-40(37)52(41)35-20-11-10-12-21-35/h9-30,54H,1H2,2-8H3. The minimum Gasteiger partial charge on any atom is -0.507 e. The second-order valence-electron chi connectivity index (χ2n) is 16.2. The number of imidazole rings is 1. The quantitative estimate of drug-likeness (QED) is 0.175. The summed E-state index contributed by atoms with van der Waals surface area (Å²) >= 11 is 0. The Kier molecular flexibility index (Phi) is 8.41. The maximum atomic E-state index is 12.4. The predicted octanol–water partition coefficient (Wildman–Crippen LogP) is 12.7. The molecule has 0 amide bonds. The lowest BCUT2D eigenvalue weighted by Crippen LogP contribution is -2.17. The first-order valence-corrected chi connectivity index (χ1v) is 18.6. The van der Waals surface area contributed by atoms with Crippen molar-refractivity contribution in [2.24, 2.45) is 4.99 Å². The number of nitrogens with zero attached hydrogens (tertiary/aromatic N) is 4. The lowest BCUT2D eigenvalue weighted by Gasteiger charge is -2.27. The van der Waals surface area contributed by atoms with Crippen LogP contribution >= 0.6 is 0 Å². The fourth-order valence-corrected chi connectivity index (χ4v) is 7.73. The summed E-state index contributed by atoms with van der Waals surface area (Å²) in [4.78, 5) is 10.0. The van der Waals surface area contributed by atoms with E-state index < -0.39 is 0 Å². The molecule has 54 heavy (non-hydrogen) atoms. The molecule has 6 aromatic carbocycles. The monoisotopic (exact) mass is 706 g/mol. The Hall–Kier alpha value is -6.20. The molecule has 0 saturated heterocycles. The van der Waals surface area contributed by atoms with Crippen molar-refractivity contribution in [3.63, 3.8) is 0 Å². The van der Waals surface area contributed by atoms with Gasteiger partial charge >= 0.3 is 0 Å². The molecule has 1 N–H and O–H groups in total. The highest BCUT2D eigenvalue weighted by molar-refractivity contribution is 6.14. The van der Waals surface area contributed by atoms with Crippen molar-refractivity contribution >= 4 is 38.6 Å². The van der Waals surface area contributed by atoms with Crippen LogP contribution in [0.2, 0.25) is 0 Å². The SMILES string of the molecule is C=CN=C(C)c1cccc(-c2cccc3c2nc(-c2cc(C(C)(C)C)cc(C(C)(C)C)c2O)n3-c2cccc3c2c2ccccc2n3-c2ccccc2)c1. The second-order valence-corrected chi connectivity index (χ2v) is 16.2. The van der Waals surface area contributed by atoms with Crippen LogP contribution in [0.15, 0.2) is 145 Å². The van der Waals surface area contributed by atoms with E-state index in [9.17, 15) is 5.11 Å². The molecule has 2 heterocycles. The zero-order chi connectivity index (χ0) is 37.9. The number of rotatable bonds is 6. The van der Waals surface area contributed by atoms with Gasteiger partial charge in [-0.2, -0.15) is 0 Å². The Balaban J connectivity index is 1.53. The van der Waals surface area contributed by atoms with Gasteiger partial charge in [0.25, 0.3) is 0 Å². The van der Waals surface area contributed by atoms with Gasteiger partial charge in [0, 0.05) is 39.5 Å². The van der Waals surface area contributed by atoms with Gasteiger partial charge in [0.2, 0.25) is 0 Å². The van der Waals surface area contributed by atoms with E-state index in [-0.39, 0.29) is 16.6 Å². The summed E-state index contributed by atoms with van der Waals surface area (Å²) in [6, 6.07) is 44.8. The molecule has 0 aliphatic rings. The van der Waals surface area contributed by atoms with Crippen LogP contribution in [-0.4, -0.2) is 24.9 Å². The van der Waals surface area contributed by atoms with Crippen LogP contribution in [0, 0.1) is 0 Å². The van der Waals surface area contributed by atoms with Crippen LogP contribution < -0.4 is 0 Å². The highest BCUT2D eigenvalue weighted by Crippen LogP contribution is 2.46. The Bertz CT molecular complexity index is 2770. The molecule has 0 aliphatic heterocycles. The van der Waals surface area contributed by atoms with E-state index >= 15 is 0 Å². The number of aliphatic imine (C=N–C) groups is 1. The summed E-state index contributed by atoms with van der Waals surface area (Å²) in [6.07, 6.45) is 1.58. The maximum Gasteiger partial charge on any atom is 0.149 e. The van der Waals surface area contributed by atoms with E-state index in [1.165, 1.54) is 0 Å². The Morgan fingerprint density at radius 1 is 0.685 bits per heavy atom. The number of para-hydroxylation sites is 3. The zero-order valence-electron chi connectivity index (χ0n) is 32.1. The highest BCUT2D eigenvalue weighted by atomic mass is 16.3. The lowest BCUT2D eigenvalue weighted by atomic mass is 9.79. The summed E-state index contributed by atoms with van der Waals surface area (Å²) in [5.41, 5.74) is 12.3. The third-order valence-electron chi connectivity index (χ3n) is 10.5. The van der Waals surface area contributed by atoms with Gasteiger partial charge in [0.05, 0.1) is 33.3 Å². The Labute approximate surface area is 317 Å². The van der Waals surface area contributed by atoms with Crippen LogP contribution in [-0.2, 0) is 10.8 Å². The third kappa shape index (κ3) is 5.81. The number of phenolic OH excluding ortho intramolecular Hbond substituents is 1. The first-order chi connectivity index (χ1) is 25.9. The fourth-order valence-electron chi connectivity index (χ4n) is 7.73. The van der Waals surface area contributed by atoms with E-state index in [2.05, 4.69) is 190 Å². The van der Waals surface area contributed by atoms with Crippen molar-refractivity contribution in [3.05, 3.63) is 157 Å². The van der Waals surface area contributed by atoms with Gasteiger partial charge in [-0.3, -0.25) is 9.56 Å². The molecule has 0 aliphatic carbocycles. The number of aromatic nitrogens is 3. The molecular formula is C49H46N4O. The first kappa shape index (κ1) is 34.9. The Morgan fingerprint density at radius 2 is 1.37 bits per heavy atom. The topological polar surface area (TPSA) is 55.3 Å². The van der Waals surface area contributed by atoms with Crippen LogP contribution in [0.5, 0.6) is 5.75 Å². The lowest BCUT2D eigenvalue weighted by molar-refractivity contribution is 0.446. The molecule has 0 unspecified atom stereocenters. The molecule has 0 radical (unpaired) electrons. The summed E-state index contributed by atoms with van der Waals surface area (Å²) in [6.45, 7) is 18.9. The molecule has 0 saturated carbocycles. The van der Waals surface area contributed by atoms with Gasteiger partial charge in [-0.15, -0.1) is 0 Å². The van der Waals surface area contributed by atoms with E-state index in [4.69, 9.17) is 4.98 Å². The number of fused-ring (bicyclic) bond motifs is 4. The minimum atomic E-state index is -0.309. The summed E-state index contributed by atoms with van der Waals surface area (Å²) in [7, 11) is 0. The van der Waals surface area contributed by atoms with Crippen molar-refractivity contribution in [3.8, 4) is 39.6 Å². The largest absolute Gasteiger partial charge is 0.507 e. The minimum absolute atomic E-state index is 0.168. The van der Waals surface area contributed by atoms with Crippen molar-refractivity contribution in [1.29, 1.82) is 0 Å². The first-order valence-electron chi connectivity index (χ1n) is 18.6. The molecule has 5 heteroatoms. The second kappa shape index (κ2) is 13.0. The molecule has 2 aromatic heterocycles. The summed E-state index contributed by atoms with van der Waals surface area (Å²) in [5.74, 6) is 0.946. The molecule has 268 valence electrons. The Morgan fingerprint density at radius 3 is 2.11 bits per heavy atom. The van der Waals surface area contributed by atoms with Crippen molar-refractivity contribution < 1.29 is 5.11 Å². The zero-order valence-corrected chi connectivity index (χ0v) is 32.1. The number of hydrogen-bond donors (Lipinski definition) is 1. The molecular weight excluding hydrogens is 661 g/mol. The van der Waals surface area contributed by atoms with Gasteiger partial charge in [0.15, 0.2) is 0 Å². The molecule has 0 spiro atoms. The summed E-state index contributed by atoms with van der Waals surface area (Å²) < 4.78 is 4.61. The molecule has 0 bridgehead atoms. The van der Waals surface area contributed by atoms with E-state index in [1.54, 1.807) is 6.20 Å². The molecule has 5 nitrogen and oxygen atoms in total. The van der Waals surface area contributed by atoms with Gasteiger partial charge in [-0.25, -0.2) is 4.98 Å². The number of benzene rings is 6. The van der Waals surface area contributed by atoms with Gasteiger partial charge in [-0.05, 0) is 83.0 Å². The van der Waals surface area contributed by atoms with Gasteiger partial charge < -0.3 is 9.67 Å². The van der Waals surface area contributed by atoms with E-state index in [1.807, 2.05) is 6.92 Å². The molecule has 8 rings (SSSR count). The fraction of sp³-hybridized carbons (Fsp3) is 0.184. The van der Waals surface area contributed by atoms with Crippen LogP contribution in [0.1, 0.15) is 65.2 Å². The van der Waals surface area contributed by atoms with Gasteiger partial charge in [-0.1, -0.05) is 127 Å². The highest BCUT2D eigenvalue weighted by Gasteiger charge is 2.29. The predicted molar refractivity (Wildman–Crippen MR) is 228 cm³/mol. The van der Waals surface area contributed by atoms with Gasteiger partial charge in [0.1, 0.15) is 11.6 Å². The molecule has 0 fully saturated rings. The molecule has 0 atom stereocenters. The van der Waals surface area contributed by atoms with Crippen molar-refractivity contribution in [2.45, 2.75) is 59.3 Å². The summed E-state index contributed by atoms with van der Waals surface area (Å²) in [5, 5.41) is 14.6. The number of aromatic hydroxyl groups is 1. The average Bonchev–Trinajstić information content (AvgIpc) is 3.71. The number of phenols is 1. The van der Waals surface area contributed by atoms with E-state index in [0.717, 1.165) is 77.7 Å². The normalized spacial score (nSPS) is 12.6.